The molecule has 1 aromatic heterocycles. The van der Waals surface area contributed by atoms with Crippen molar-refractivity contribution in [2.75, 3.05) is 5.88 Å². The molecule has 1 aliphatic rings. The van der Waals surface area contributed by atoms with E-state index in [1.807, 2.05) is 0 Å². The average Bonchev–Trinajstić information content (AvgIpc) is 3.18. The van der Waals surface area contributed by atoms with Crippen molar-refractivity contribution < 1.29 is 27.4 Å². The van der Waals surface area contributed by atoms with E-state index in [0.717, 1.165) is 17.7 Å². The smallest absolute Gasteiger partial charge is 0.325 e. The van der Waals surface area contributed by atoms with Crippen LogP contribution in [0.4, 0.5) is 4.39 Å². The van der Waals surface area contributed by atoms with Gasteiger partial charge in [-0.2, -0.15) is 5.10 Å². The van der Waals surface area contributed by atoms with E-state index in [2.05, 4.69) is 10.4 Å². The number of nitrogens with zero attached hydrogens (tertiary/aromatic N) is 2. The molecule has 180 valence electrons. The van der Waals surface area contributed by atoms with Crippen LogP contribution < -0.4 is 10.1 Å². The van der Waals surface area contributed by atoms with Gasteiger partial charge in [-0.15, -0.1) is 0 Å². The summed E-state index contributed by atoms with van der Waals surface area (Å²) in [6.07, 6.45) is 3.79. The van der Waals surface area contributed by atoms with Crippen molar-refractivity contribution in [2.45, 2.75) is 43.7 Å². The summed E-state index contributed by atoms with van der Waals surface area (Å²) in [7, 11) is -3.72. The molecular formula is C23H23ClFN3O5S. The summed E-state index contributed by atoms with van der Waals surface area (Å²) in [6.45, 7) is 1.46. The van der Waals surface area contributed by atoms with Crippen LogP contribution in [0.5, 0.6) is 11.5 Å². The van der Waals surface area contributed by atoms with Crippen LogP contribution in [-0.4, -0.2) is 35.2 Å². The third-order valence-corrected chi connectivity index (χ3v) is 7.50. The summed E-state index contributed by atoms with van der Waals surface area (Å²) in [6, 6.07) is 8.02. The molecule has 8 nitrogen and oxygen atoms in total. The molecule has 0 saturated heterocycles. The van der Waals surface area contributed by atoms with Gasteiger partial charge in [-0.1, -0.05) is 11.6 Å². The van der Waals surface area contributed by atoms with E-state index < -0.39 is 15.8 Å². The molecule has 0 radical (unpaired) electrons. The molecule has 0 unspecified atom stereocenters. The number of aryl methyl sites for hydroxylation is 1. The zero-order valence-electron chi connectivity index (χ0n) is 18.3. The lowest BCUT2D eigenvalue weighted by Crippen LogP contribution is -2.30. The van der Waals surface area contributed by atoms with Crippen LogP contribution in [0.15, 0.2) is 47.5 Å². The Morgan fingerprint density at radius 2 is 2.06 bits per heavy atom. The van der Waals surface area contributed by atoms with E-state index in [1.165, 1.54) is 41.1 Å². The van der Waals surface area contributed by atoms with Crippen LogP contribution in [0.3, 0.4) is 0 Å². The normalized spacial score (nSPS) is 15.7. The number of carboxylic acids is 1. The first-order chi connectivity index (χ1) is 16.1. The fourth-order valence-corrected chi connectivity index (χ4v) is 5.44. The van der Waals surface area contributed by atoms with Crippen LogP contribution in [0.25, 0.3) is 0 Å². The monoisotopic (exact) mass is 507 g/mol. The number of ether oxygens (including phenoxy) is 1. The Morgan fingerprint density at radius 1 is 1.29 bits per heavy atom. The lowest BCUT2D eigenvalue weighted by atomic mass is 9.93. The topological polar surface area (TPSA) is 111 Å². The van der Waals surface area contributed by atoms with E-state index in [4.69, 9.17) is 21.4 Å². The number of carboxylic acid groups (broad SMARTS) is 1. The number of fused-ring (bicyclic) bond motifs is 1. The van der Waals surface area contributed by atoms with Gasteiger partial charge in [0.25, 0.3) is 0 Å². The third-order valence-electron chi connectivity index (χ3n) is 5.69. The SMILES string of the molecule is Cc1cc(F)ccc1Oc1ccc(S(=O)(=O)CN[C@@H]2CCCc3c2cnn3CC(=O)O)cc1Cl. The highest BCUT2D eigenvalue weighted by Crippen LogP contribution is 2.34. The molecule has 0 saturated carbocycles. The van der Waals surface area contributed by atoms with E-state index in [0.29, 0.717) is 24.2 Å². The molecule has 0 spiro atoms. The molecule has 0 bridgehead atoms. The molecule has 11 heteroatoms. The van der Waals surface area contributed by atoms with Gasteiger partial charge in [-0.3, -0.25) is 14.8 Å². The molecule has 1 heterocycles. The van der Waals surface area contributed by atoms with Gasteiger partial charge in [-0.05, 0) is 68.1 Å². The van der Waals surface area contributed by atoms with Gasteiger partial charge in [0.2, 0.25) is 0 Å². The molecular weight excluding hydrogens is 485 g/mol. The maximum absolute atomic E-state index is 13.3. The van der Waals surface area contributed by atoms with Gasteiger partial charge in [0.05, 0.1) is 16.1 Å². The lowest BCUT2D eigenvalue weighted by molar-refractivity contribution is -0.137. The minimum atomic E-state index is -3.72. The largest absolute Gasteiger partial charge is 0.480 e. The number of aliphatic carboxylic acids is 1. The fraction of sp³-hybridized carbons (Fsp3) is 0.304. The first kappa shape index (κ1) is 24.2. The fourth-order valence-electron chi connectivity index (χ4n) is 3.99. The number of benzene rings is 2. The van der Waals surface area contributed by atoms with Crippen molar-refractivity contribution in [3.05, 3.63) is 70.3 Å². The molecule has 34 heavy (non-hydrogen) atoms. The molecule has 0 aliphatic heterocycles. The Hall–Kier alpha value is -2.95. The second kappa shape index (κ2) is 9.73. The predicted octanol–water partition coefficient (Wildman–Crippen LogP) is 4.26. The number of carbonyl (C=O) groups is 1. The van der Waals surface area contributed by atoms with E-state index in [-0.39, 0.29) is 39.9 Å². The maximum atomic E-state index is 13.3. The van der Waals surface area contributed by atoms with Crippen molar-refractivity contribution in [1.29, 1.82) is 0 Å². The van der Waals surface area contributed by atoms with Gasteiger partial charge in [0.15, 0.2) is 9.84 Å². The Labute approximate surface area is 201 Å². The molecule has 2 aromatic carbocycles. The Bertz CT molecular complexity index is 1340. The lowest BCUT2D eigenvalue weighted by Gasteiger charge is -2.24. The third kappa shape index (κ3) is 5.24. The molecule has 0 amide bonds. The number of sulfone groups is 1. The minimum Gasteiger partial charge on any atom is -0.480 e. The van der Waals surface area contributed by atoms with Crippen molar-refractivity contribution in [2.24, 2.45) is 0 Å². The number of aromatic nitrogens is 2. The zero-order chi connectivity index (χ0) is 24.5. The second-order valence-electron chi connectivity index (χ2n) is 8.11. The molecule has 2 N–H and O–H groups in total. The summed E-state index contributed by atoms with van der Waals surface area (Å²) in [5.41, 5.74) is 2.21. The van der Waals surface area contributed by atoms with Crippen LogP contribution in [-0.2, 0) is 27.6 Å². The Morgan fingerprint density at radius 3 is 2.76 bits per heavy atom. The maximum Gasteiger partial charge on any atom is 0.325 e. The number of hydrogen-bond donors (Lipinski definition) is 2. The summed E-state index contributed by atoms with van der Waals surface area (Å²) in [5.74, 6) is -1.02. The average molecular weight is 508 g/mol. The number of hydrogen-bond acceptors (Lipinski definition) is 6. The van der Waals surface area contributed by atoms with Crippen LogP contribution in [0.2, 0.25) is 5.02 Å². The van der Waals surface area contributed by atoms with Crippen LogP contribution in [0, 0.1) is 12.7 Å². The second-order valence-corrected chi connectivity index (χ2v) is 10.5. The summed E-state index contributed by atoms with van der Waals surface area (Å²) >= 11 is 6.29. The number of nitrogens with one attached hydrogen (secondary N) is 1. The van der Waals surface area contributed by atoms with Crippen molar-refractivity contribution in [1.82, 2.24) is 15.1 Å². The first-order valence-corrected chi connectivity index (χ1v) is 12.6. The molecule has 1 atom stereocenters. The molecule has 0 fully saturated rings. The number of halogens is 2. The van der Waals surface area contributed by atoms with Gasteiger partial charge in [0, 0.05) is 17.3 Å². The Kier molecular flexibility index (Phi) is 6.92. The van der Waals surface area contributed by atoms with Crippen LogP contribution >= 0.6 is 11.6 Å². The summed E-state index contributed by atoms with van der Waals surface area (Å²) in [5, 5.41) is 16.4. The quantitative estimate of drug-likeness (QED) is 0.468. The van der Waals surface area contributed by atoms with Gasteiger partial charge < -0.3 is 9.84 Å². The van der Waals surface area contributed by atoms with E-state index >= 15 is 0 Å². The zero-order valence-corrected chi connectivity index (χ0v) is 19.9. The van der Waals surface area contributed by atoms with Crippen LogP contribution in [0.1, 0.15) is 35.7 Å². The molecule has 3 aromatic rings. The Balaban J connectivity index is 1.47. The van der Waals surface area contributed by atoms with Gasteiger partial charge >= 0.3 is 5.97 Å². The van der Waals surface area contributed by atoms with Crippen molar-refractivity contribution in [3.8, 4) is 11.5 Å². The molecule has 1 aliphatic carbocycles. The van der Waals surface area contributed by atoms with Gasteiger partial charge in [0.1, 0.15) is 29.7 Å². The van der Waals surface area contributed by atoms with E-state index in [9.17, 15) is 17.6 Å². The molecule has 4 rings (SSSR count). The first-order valence-electron chi connectivity index (χ1n) is 10.6. The summed E-state index contributed by atoms with van der Waals surface area (Å²) in [4.78, 5) is 11.1. The summed E-state index contributed by atoms with van der Waals surface area (Å²) < 4.78 is 46.4. The van der Waals surface area contributed by atoms with Crippen molar-refractivity contribution in [3.63, 3.8) is 0 Å². The number of rotatable bonds is 8. The minimum absolute atomic E-state index is 0.0331. The highest BCUT2D eigenvalue weighted by Gasteiger charge is 2.27. The highest BCUT2D eigenvalue weighted by atomic mass is 35.5. The highest BCUT2D eigenvalue weighted by molar-refractivity contribution is 7.91. The van der Waals surface area contributed by atoms with Crippen molar-refractivity contribution >= 4 is 27.4 Å². The van der Waals surface area contributed by atoms with Gasteiger partial charge in [-0.25, -0.2) is 12.8 Å². The predicted molar refractivity (Wildman–Crippen MR) is 123 cm³/mol. The van der Waals surface area contributed by atoms with E-state index in [1.54, 1.807) is 13.1 Å². The standard InChI is InChI=1S/C23H23ClFN3O5S/c1-14-9-15(25)5-7-21(14)33-22-8-6-16(10-18(22)24)34(31,32)13-26-19-3-2-4-20-17(19)11-27-28(20)12-23(29)30/h5-11,19,26H,2-4,12-13H2,1H3,(H,29,30)/t19-/m1/s1.